The summed E-state index contributed by atoms with van der Waals surface area (Å²) in [6, 6.07) is 3.14. The van der Waals surface area contributed by atoms with Crippen LogP contribution >= 0.6 is 0 Å². The molecule has 20 heavy (non-hydrogen) atoms. The van der Waals surface area contributed by atoms with Crippen molar-refractivity contribution in [3.63, 3.8) is 0 Å². The van der Waals surface area contributed by atoms with Gasteiger partial charge < -0.3 is 14.8 Å². The Morgan fingerprint density at radius 3 is 2.80 bits per heavy atom. The Balaban J connectivity index is 2.02. The van der Waals surface area contributed by atoms with Gasteiger partial charge in [-0.1, -0.05) is 6.92 Å². The molecule has 0 saturated carbocycles. The minimum Gasteiger partial charge on any atom is -0.619 e. The molecule has 0 aromatic carbocycles. The van der Waals surface area contributed by atoms with Gasteiger partial charge in [-0.3, -0.25) is 4.79 Å². The second-order valence-electron chi connectivity index (χ2n) is 5.19. The molecule has 0 spiro atoms. The Bertz CT molecular complexity index is 427. The van der Waals surface area contributed by atoms with E-state index in [2.05, 4.69) is 6.92 Å². The second-order valence-corrected chi connectivity index (χ2v) is 5.19. The van der Waals surface area contributed by atoms with Gasteiger partial charge in [-0.05, 0) is 25.7 Å². The molecule has 1 aliphatic heterocycles. The van der Waals surface area contributed by atoms with E-state index < -0.39 is 0 Å². The predicted molar refractivity (Wildman–Crippen MR) is 75.2 cm³/mol. The molecule has 1 unspecified atom stereocenters. The molecule has 1 amide bonds. The molecule has 110 valence electrons. The van der Waals surface area contributed by atoms with E-state index in [1.807, 2.05) is 4.90 Å². The van der Waals surface area contributed by atoms with Gasteiger partial charge in [0.1, 0.15) is 0 Å². The highest BCUT2D eigenvalue weighted by molar-refractivity contribution is 5.94. The summed E-state index contributed by atoms with van der Waals surface area (Å²) < 4.78 is 6.40. The van der Waals surface area contributed by atoms with Crippen LogP contribution in [0.4, 0.5) is 0 Å². The number of carbonyl (C=O) groups is 1. The number of ether oxygens (including phenoxy) is 1. The van der Waals surface area contributed by atoms with Crippen molar-refractivity contribution in [1.82, 2.24) is 4.90 Å². The highest BCUT2D eigenvalue weighted by atomic mass is 16.5. The molecule has 0 radical (unpaired) electrons. The quantitative estimate of drug-likeness (QED) is 0.609. The molecular formula is C15H22N2O3. The summed E-state index contributed by atoms with van der Waals surface area (Å²) in [5.41, 5.74) is 0.557. The highest BCUT2D eigenvalue weighted by Crippen LogP contribution is 2.15. The first-order valence-corrected chi connectivity index (χ1v) is 7.30. The minimum atomic E-state index is -0.0263. The zero-order valence-electron chi connectivity index (χ0n) is 12.0. The van der Waals surface area contributed by atoms with Crippen molar-refractivity contribution >= 4 is 5.91 Å². The fraction of sp³-hybridized carbons (Fsp3) is 0.600. The van der Waals surface area contributed by atoms with Crippen molar-refractivity contribution in [2.24, 2.45) is 0 Å². The fourth-order valence-electron chi connectivity index (χ4n) is 2.48. The van der Waals surface area contributed by atoms with Crippen LogP contribution in [0.2, 0.25) is 0 Å². The van der Waals surface area contributed by atoms with Gasteiger partial charge in [-0.15, -0.1) is 0 Å². The summed E-state index contributed by atoms with van der Waals surface area (Å²) in [6.45, 7) is 4.20. The van der Waals surface area contributed by atoms with Gasteiger partial charge in [0.2, 0.25) is 0 Å². The monoisotopic (exact) mass is 278 g/mol. The number of hydrogen-bond donors (Lipinski definition) is 0. The Labute approximate surface area is 119 Å². The molecule has 1 aliphatic rings. The fourth-order valence-corrected chi connectivity index (χ4v) is 2.48. The van der Waals surface area contributed by atoms with Gasteiger partial charge in [-0.2, -0.15) is 4.73 Å². The van der Waals surface area contributed by atoms with Crippen molar-refractivity contribution in [1.29, 1.82) is 0 Å². The lowest BCUT2D eigenvalue weighted by Gasteiger charge is -2.29. The van der Waals surface area contributed by atoms with Gasteiger partial charge in [0.15, 0.2) is 12.4 Å². The van der Waals surface area contributed by atoms with Crippen LogP contribution in [0.25, 0.3) is 0 Å². The van der Waals surface area contributed by atoms with Gasteiger partial charge in [0, 0.05) is 31.8 Å². The summed E-state index contributed by atoms with van der Waals surface area (Å²) in [5, 5.41) is 11.0. The zero-order valence-corrected chi connectivity index (χ0v) is 12.0. The Hall–Kier alpha value is -1.62. The number of rotatable bonds is 5. The van der Waals surface area contributed by atoms with Crippen LogP contribution in [0.15, 0.2) is 24.5 Å². The number of aromatic nitrogens is 1. The average molecular weight is 278 g/mol. The standard InChI is InChI=1S/C15H22N2O3/c1-2-8-16(12-14-5-3-4-11-20-14)15(18)13-6-9-17(19)10-7-13/h6-7,9-10,14H,2-5,8,11-12H2,1H3. The lowest BCUT2D eigenvalue weighted by atomic mass is 10.1. The van der Waals surface area contributed by atoms with Crippen LogP contribution in [-0.4, -0.2) is 36.6 Å². The number of amides is 1. The van der Waals surface area contributed by atoms with Crippen LogP contribution in [0.1, 0.15) is 43.0 Å². The predicted octanol–water partition coefficient (Wildman–Crippen LogP) is 1.74. The number of pyridine rings is 1. The van der Waals surface area contributed by atoms with Crippen LogP contribution in [0, 0.1) is 5.21 Å². The van der Waals surface area contributed by atoms with Crippen molar-refractivity contribution < 1.29 is 14.3 Å². The van der Waals surface area contributed by atoms with Crippen LogP contribution < -0.4 is 4.73 Å². The van der Waals surface area contributed by atoms with E-state index in [9.17, 15) is 10.0 Å². The maximum Gasteiger partial charge on any atom is 0.254 e. The zero-order chi connectivity index (χ0) is 14.4. The number of hydrogen-bond acceptors (Lipinski definition) is 3. The third-order valence-corrected chi connectivity index (χ3v) is 3.53. The molecule has 0 bridgehead atoms. The molecule has 1 saturated heterocycles. The Morgan fingerprint density at radius 2 is 2.20 bits per heavy atom. The van der Waals surface area contributed by atoms with Crippen LogP contribution in [-0.2, 0) is 4.74 Å². The normalized spacial score (nSPS) is 18.8. The molecular weight excluding hydrogens is 256 g/mol. The summed E-state index contributed by atoms with van der Waals surface area (Å²) in [6.07, 6.45) is 7.06. The Kier molecular flexibility index (Phi) is 5.35. The molecule has 1 aromatic heterocycles. The van der Waals surface area contributed by atoms with Crippen LogP contribution in [0.5, 0.6) is 0 Å². The van der Waals surface area contributed by atoms with Crippen LogP contribution in [0.3, 0.4) is 0 Å². The van der Waals surface area contributed by atoms with Crippen molar-refractivity contribution in [3.8, 4) is 0 Å². The van der Waals surface area contributed by atoms with E-state index in [4.69, 9.17) is 4.74 Å². The van der Waals surface area contributed by atoms with Crippen molar-refractivity contribution in [2.75, 3.05) is 19.7 Å². The van der Waals surface area contributed by atoms with E-state index in [0.717, 1.165) is 25.9 Å². The third kappa shape index (κ3) is 3.93. The average Bonchev–Trinajstić information content (AvgIpc) is 2.48. The smallest absolute Gasteiger partial charge is 0.254 e. The van der Waals surface area contributed by atoms with Gasteiger partial charge in [0.05, 0.1) is 11.7 Å². The van der Waals surface area contributed by atoms with E-state index in [1.54, 1.807) is 12.1 Å². The lowest BCUT2D eigenvalue weighted by Crippen LogP contribution is -2.40. The first kappa shape index (κ1) is 14.8. The molecule has 1 fully saturated rings. The summed E-state index contributed by atoms with van der Waals surface area (Å²) in [5.74, 6) is -0.0263. The van der Waals surface area contributed by atoms with Gasteiger partial charge >= 0.3 is 0 Å². The van der Waals surface area contributed by atoms with E-state index in [1.165, 1.54) is 18.8 Å². The summed E-state index contributed by atoms with van der Waals surface area (Å²) in [7, 11) is 0. The van der Waals surface area contributed by atoms with E-state index >= 15 is 0 Å². The number of nitrogens with zero attached hydrogens (tertiary/aromatic N) is 2. The first-order chi connectivity index (χ1) is 9.70. The van der Waals surface area contributed by atoms with E-state index in [0.29, 0.717) is 23.4 Å². The minimum absolute atomic E-state index is 0.0263. The molecule has 5 heteroatoms. The van der Waals surface area contributed by atoms with Crippen molar-refractivity contribution in [3.05, 3.63) is 35.3 Å². The summed E-state index contributed by atoms with van der Waals surface area (Å²) >= 11 is 0. The molecule has 2 heterocycles. The van der Waals surface area contributed by atoms with Gasteiger partial charge in [0.25, 0.3) is 5.91 Å². The Morgan fingerprint density at radius 1 is 1.45 bits per heavy atom. The highest BCUT2D eigenvalue weighted by Gasteiger charge is 2.22. The molecule has 1 atom stereocenters. The molecule has 1 aromatic rings. The SMILES string of the molecule is CCCN(CC1CCCCO1)C(=O)c1cc[n+]([O-])cc1. The molecule has 0 N–H and O–H groups in total. The molecule has 0 aliphatic carbocycles. The molecule has 2 rings (SSSR count). The van der Waals surface area contributed by atoms with Crippen molar-refractivity contribution in [2.45, 2.75) is 38.7 Å². The topological polar surface area (TPSA) is 56.5 Å². The van der Waals surface area contributed by atoms with E-state index in [-0.39, 0.29) is 12.0 Å². The third-order valence-electron chi connectivity index (χ3n) is 3.53. The summed E-state index contributed by atoms with van der Waals surface area (Å²) in [4.78, 5) is 14.3. The molecule has 5 nitrogen and oxygen atoms in total. The lowest BCUT2D eigenvalue weighted by molar-refractivity contribution is -0.605. The largest absolute Gasteiger partial charge is 0.619 e. The van der Waals surface area contributed by atoms with Gasteiger partial charge in [-0.25, -0.2) is 0 Å². The maximum absolute atomic E-state index is 12.5. The first-order valence-electron chi connectivity index (χ1n) is 7.30. The maximum atomic E-state index is 12.5. The second kappa shape index (κ2) is 7.24. The number of carbonyl (C=O) groups excluding carboxylic acids is 1.